The molecular weight excluding hydrogens is 365 g/mol. The first-order chi connectivity index (χ1) is 14.1. The van der Waals surface area contributed by atoms with Crippen LogP contribution in [0.1, 0.15) is 53.2 Å². The number of aromatic amines is 1. The largest absolute Gasteiger partial charge is 0.366 e. The van der Waals surface area contributed by atoms with Crippen molar-refractivity contribution in [1.29, 1.82) is 0 Å². The van der Waals surface area contributed by atoms with Crippen LogP contribution in [-0.4, -0.2) is 22.4 Å². The third-order valence-electron chi connectivity index (χ3n) is 5.94. The van der Waals surface area contributed by atoms with Crippen molar-refractivity contribution in [2.45, 2.75) is 38.5 Å². The average molecular weight is 391 g/mol. The van der Waals surface area contributed by atoms with Crippen molar-refractivity contribution in [3.63, 3.8) is 0 Å². The molecule has 29 heavy (non-hydrogen) atoms. The number of amides is 1. The summed E-state index contributed by atoms with van der Waals surface area (Å²) >= 11 is 0. The SMILES string of the molecule is Cc1cc(C2CCC(CNC(=O)c3c[nH]cc3-c3ccc(F)cc3)CC2)ccn1. The zero-order chi connectivity index (χ0) is 20.2. The van der Waals surface area contributed by atoms with Crippen molar-refractivity contribution < 1.29 is 9.18 Å². The highest BCUT2D eigenvalue weighted by molar-refractivity contribution is 6.00. The predicted molar refractivity (Wildman–Crippen MR) is 112 cm³/mol. The molecule has 2 aromatic heterocycles. The van der Waals surface area contributed by atoms with Crippen LogP contribution in [-0.2, 0) is 0 Å². The van der Waals surface area contributed by atoms with Gasteiger partial charge in [0.05, 0.1) is 5.56 Å². The second-order valence-electron chi connectivity index (χ2n) is 7.95. The van der Waals surface area contributed by atoms with Crippen LogP contribution in [0.2, 0.25) is 0 Å². The van der Waals surface area contributed by atoms with E-state index in [-0.39, 0.29) is 11.7 Å². The van der Waals surface area contributed by atoms with Gasteiger partial charge in [-0.3, -0.25) is 9.78 Å². The van der Waals surface area contributed by atoms with Crippen molar-refractivity contribution in [1.82, 2.24) is 15.3 Å². The van der Waals surface area contributed by atoms with Gasteiger partial charge < -0.3 is 10.3 Å². The molecule has 1 amide bonds. The number of hydrogen-bond acceptors (Lipinski definition) is 2. The van der Waals surface area contributed by atoms with Gasteiger partial charge in [0.2, 0.25) is 0 Å². The molecule has 0 spiro atoms. The zero-order valence-electron chi connectivity index (χ0n) is 16.6. The first-order valence-corrected chi connectivity index (χ1v) is 10.2. The molecule has 0 unspecified atom stereocenters. The molecular formula is C24H26FN3O. The fourth-order valence-electron chi connectivity index (χ4n) is 4.27. The number of hydrogen-bond donors (Lipinski definition) is 2. The second kappa shape index (κ2) is 8.60. The summed E-state index contributed by atoms with van der Waals surface area (Å²) < 4.78 is 13.2. The minimum absolute atomic E-state index is 0.0857. The average Bonchev–Trinajstić information content (AvgIpc) is 3.23. The van der Waals surface area contributed by atoms with E-state index in [1.807, 2.05) is 13.1 Å². The van der Waals surface area contributed by atoms with E-state index in [4.69, 9.17) is 0 Å². The molecule has 4 nitrogen and oxygen atoms in total. The number of aromatic nitrogens is 2. The Morgan fingerprint density at radius 2 is 1.90 bits per heavy atom. The maximum Gasteiger partial charge on any atom is 0.253 e. The highest BCUT2D eigenvalue weighted by Gasteiger charge is 2.23. The Kier molecular flexibility index (Phi) is 5.74. The first-order valence-electron chi connectivity index (χ1n) is 10.2. The van der Waals surface area contributed by atoms with Crippen LogP contribution in [0.15, 0.2) is 55.0 Å². The normalized spacial score (nSPS) is 19.1. The molecule has 1 saturated carbocycles. The monoisotopic (exact) mass is 391 g/mol. The van der Waals surface area contributed by atoms with Gasteiger partial charge in [0.15, 0.2) is 0 Å². The van der Waals surface area contributed by atoms with Crippen LogP contribution in [0, 0.1) is 18.7 Å². The molecule has 2 heterocycles. The van der Waals surface area contributed by atoms with Gasteiger partial charge in [0, 0.05) is 36.4 Å². The number of carbonyl (C=O) groups is 1. The Bertz CT molecular complexity index is 972. The van der Waals surface area contributed by atoms with E-state index in [9.17, 15) is 9.18 Å². The minimum Gasteiger partial charge on any atom is -0.366 e. The molecule has 150 valence electrons. The van der Waals surface area contributed by atoms with Crippen LogP contribution < -0.4 is 5.32 Å². The molecule has 1 fully saturated rings. The van der Waals surface area contributed by atoms with Crippen LogP contribution >= 0.6 is 0 Å². The molecule has 0 aliphatic heterocycles. The summed E-state index contributed by atoms with van der Waals surface area (Å²) in [7, 11) is 0. The lowest BCUT2D eigenvalue weighted by atomic mass is 9.79. The van der Waals surface area contributed by atoms with Gasteiger partial charge >= 0.3 is 0 Å². The lowest BCUT2D eigenvalue weighted by Gasteiger charge is -2.29. The topological polar surface area (TPSA) is 57.8 Å². The minimum atomic E-state index is -0.284. The summed E-state index contributed by atoms with van der Waals surface area (Å²) in [6.07, 6.45) is 9.91. The van der Waals surface area contributed by atoms with E-state index >= 15 is 0 Å². The maximum atomic E-state index is 13.2. The van der Waals surface area contributed by atoms with E-state index < -0.39 is 0 Å². The summed E-state index contributed by atoms with van der Waals surface area (Å²) in [5, 5.41) is 3.10. The zero-order valence-corrected chi connectivity index (χ0v) is 16.6. The first kappa shape index (κ1) is 19.4. The number of rotatable bonds is 5. The quantitative estimate of drug-likeness (QED) is 0.626. The van der Waals surface area contributed by atoms with Crippen molar-refractivity contribution in [3.05, 3.63) is 77.6 Å². The third-order valence-corrected chi connectivity index (χ3v) is 5.94. The summed E-state index contributed by atoms with van der Waals surface area (Å²) in [6.45, 7) is 2.72. The van der Waals surface area contributed by atoms with E-state index in [1.54, 1.807) is 24.5 Å². The van der Waals surface area contributed by atoms with E-state index in [1.165, 1.54) is 17.7 Å². The summed E-state index contributed by atoms with van der Waals surface area (Å²) in [6, 6.07) is 10.5. The smallest absolute Gasteiger partial charge is 0.253 e. The van der Waals surface area contributed by atoms with Gasteiger partial charge in [-0.25, -0.2) is 4.39 Å². The lowest BCUT2D eigenvalue weighted by molar-refractivity contribution is 0.0943. The summed E-state index contributed by atoms with van der Waals surface area (Å²) in [5.74, 6) is 0.732. The van der Waals surface area contributed by atoms with Crippen molar-refractivity contribution in [3.8, 4) is 11.1 Å². The maximum absolute atomic E-state index is 13.2. The van der Waals surface area contributed by atoms with Crippen molar-refractivity contribution in [2.24, 2.45) is 5.92 Å². The Morgan fingerprint density at radius 3 is 2.62 bits per heavy atom. The van der Waals surface area contributed by atoms with Gasteiger partial charge in [-0.2, -0.15) is 0 Å². The molecule has 4 rings (SSSR count). The van der Waals surface area contributed by atoms with Gasteiger partial charge in [-0.1, -0.05) is 12.1 Å². The van der Waals surface area contributed by atoms with Crippen molar-refractivity contribution in [2.75, 3.05) is 6.54 Å². The molecule has 1 aliphatic rings. The molecule has 0 atom stereocenters. The fourth-order valence-corrected chi connectivity index (χ4v) is 4.27. The van der Waals surface area contributed by atoms with Crippen LogP contribution in [0.5, 0.6) is 0 Å². The molecule has 0 saturated heterocycles. The molecule has 1 aliphatic carbocycles. The summed E-state index contributed by atoms with van der Waals surface area (Å²) in [4.78, 5) is 20.0. The Morgan fingerprint density at radius 1 is 1.14 bits per heavy atom. The molecule has 0 bridgehead atoms. The molecule has 3 aromatic rings. The highest BCUT2D eigenvalue weighted by atomic mass is 19.1. The molecule has 5 heteroatoms. The Hall–Kier alpha value is -2.95. The third kappa shape index (κ3) is 4.56. The Balaban J connectivity index is 1.32. The molecule has 1 aromatic carbocycles. The van der Waals surface area contributed by atoms with Crippen LogP contribution in [0.25, 0.3) is 11.1 Å². The van der Waals surface area contributed by atoms with Crippen molar-refractivity contribution >= 4 is 5.91 Å². The molecule has 0 radical (unpaired) electrons. The van der Waals surface area contributed by atoms with E-state index in [0.717, 1.165) is 42.5 Å². The predicted octanol–water partition coefficient (Wildman–Crippen LogP) is 5.23. The van der Waals surface area contributed by atoms with E-state index in [2.05, 4.69) is 27.4 Å². The number of halogens is 1. The number of carbonyl (C=O) groups excluding carboxylic acids is 1. The van der Waals surface area contributed by atoms with Gasteiger partial charge in [-0.15, -0.1) is 0 Å². The van der Waals surface area contributed by atoms with Gasteiger partial charge in [-0.05, 0) is 79.8 Å². The van der Waals surface area contributed by atoms with E-state index in [0.29, 0.717) is 23.9 Å². The fraction of sp³-hybridized carbons (Fsp3) is 0.333. The Labute approximate surface area is 170 Å². The lowest BCUT2D eigenvalue weighted by Crippen LogP contribution is -2.31. The number of pyridine rings is 1. The van der Waals surface area contributed by atoms with Gasteiger partial charge in [0.25, 0.3) is 5.91 Å². The van der Waals surface area contributed by atoms with Crippen LogP contribution in [0.4, 0.5) is 4.39 Å². The standard InChI is InChI=1S/C24H26FN3O/c1-16-12-20(10-11-27-16)18-4-2-17(3-5-18)13-28-24(29)23-15-26-14-22(23)19-6-8-21(25)9-7-19/h6-12,14-15,17-18,26H,2-5,13H2,1H3,(H,28,29). The number of benzene rings is 1. The van der Waals surface area contributed by atoms with Gasteiger partial charge in [0.1, 0.15) is 5.82 Å². The second-order valence-corrected chi connectivity index (χ2v) is 7.95. The number of H-pyrrole nitrogens is 1. The van der Waals surface area contributed by atoms with Crippen LogP contribution in [0.3, 0.4) is 0 Å². The summed E-state index contributed by atoms with van der Waals surface area (Å²) in [5.41, 5.74) is 4.67. The number of nitrogens with one attached hydrogen (secondary N) is 2. The highest BCUT2D eigenvalue weighted by Crippen LogP contribution is 2.35. The molecule has 2 N–H and O–H groups in total. The number of nitrogens with zero attached hydrogens (tertiary/aromatic N) is 1. The number of aryl methyl sites for hydroxylation is 1.